The number of ether oxygens (including phenoxy) is 1. The molecule has 0 saturated carbocycles. The summed E-state index contributed by atoms with van der Waals surface area (Å²) < 4.78 is 22.6. The number of hydrogen-bond acceptors (Lipinski definition) is 4. The predicted octanol–water partition coefficient (Wildman–Crippen LogP) is 3.12. The summed E-state index contributed by atoms with van der Waals surface area (Å²) in [6.45, 7) is 0.354. The van der Waals surface area contributed by atoms with Crippen molar-refractivity contribution < 1.29 is 19.0 Å². The highest BCUT2D eigenvalue weighted by Gasteiger charge is 2.30. The smallest absolute Gasteiger partial charge is 0.229 e. The number of aromatic nitrogens is 2. The van der Waals surface area contributed by atoms with Crippen molar-refractivity contribution in [3.05, 3.63) is 71.8 Å². The molecule has 1 aromatic heterocycles. The minimum atomic E-state index is -0.858. The molecule has 1 aliphatic heterocycles. The molecule has 0 bridgehead atoms. The second kappa shape index (κ2) is 8.05. The number of rotatable bonds is 5. The number of nitrogens with zero attached hydrogens (tertiary/aromatic N) is 2. The topological polar surface area (TPSA) is 76.4 Å². The Morgan fingerprint density at radius 3 is 2.69 bits per heavy atom. The molecule has 29 heavy (non-hydrogen) atoms. The van der Waals surface area contributed by atoms with Gasteiger partial charge in [0.1, 0.15) is 24.4 Å². The lowest BCUT2D eigenvalue weighted by atomic mass is 9.88. The normalized spacial score (nSPS) is 19.1. The number of piperidine rings is 1. The number of aliphatic hydroxyl groups is 1. The molecule has 0 radical (unpaired) electrons. The fraction of sp³-hybridized carbons (Fsp3) is 0.273. The average Bonchev–Trinajstić information content (AvgIpc) is 3.13. The Kier molecular flexibility index (Phi) is 5.31. The number of halogens is 1. The van der Waals surface area contributed by atoms with E-state index < -0.39 is 18.0 Å². The van der Waals surface area contributed by atoms with Gasteiger partial charge in [0.05, 0.1) is 11.6 Å². The van der Waals surface area contributed by atoms with Crippen LogP contribution < -0.4 is 10.1 Å². The summed E-state index contributed by atoms with van der Waals surface area (Å²) in [6, 6.07) is 14.1. The molecule has 2 heterocycles. The van der Waals surface area contributed by atoms with Crippen molar-refractivity contribution in [1.29, 1.82) is 0 Å². The maximum Gasteiger partial charge on any atom is 0.229 e. The molecular formula is C22H22FN3O3. The van der Waals surface area contributed by atoms with E-state index in [1.54, 1.807) is 47.1 Å². The molecule has 7 heteroatoms. The lowest BCUT2D eigenvalue weighted by Crippen LogP contribution is -2.43. The second-order valence-corrected chi connectivity index (χ2v) is 7.16. The van der Waals surface area contributed by atoms with Gasteiger partial charge in [0.15, 0.2) is 0 Å². The van der Waals surface area contributed by atoms with Crippen molar-refractivity contribution in [2.24, 2.45) is 7.05 Å². The van der Waals surface area contributed by atoms with E-state index in [2.05, 4.69) is 10.4 Å². The Labute approximate surface area is 167 Å². The van der Waals surface area contributed by atoms with E-state index in [1.165, 1.54) is 0 Å². The third-order valence-electron chi connectivity index (χ3n) is 5.08. The number of amides is 1. The van der Waals surface area contributed by atoms with Crippen LogP contribution in [-0.4, -0.2) is 27.0 Å². The van der Waals surface area contributed by atoms with Crippen LogP contribution in [0.1, 0.15) is 30.0 Å². The summed E-state index contributed by atoms with van der Waals surface area (Å²) in [6.07, 6.45) is 1.81. The minimum Gasteiger partial charge on any atom is -0.487 e. The zero-order valence-electron chi connectivity index (χ0n) is 16.0. The summed E-state index contributed by atoms with van der Waals surface area (Å²) in [7, 11) is 1.85. The van der Waals surface area contributed by atoms with E-state index in [1.807, 2.05) is 19.3 Å². The Balaban J connectivity index is 1.51. The molecule has 0 aliphatic carbocycles. The molecule has 2 atom stereocenters. The number of hydrogen-bond donors (Lipinski definition) is 2. The molecule has 0 spiro atoms. The van der Waals surface area contributed by atoms with E-state index >= 15 is 4.39 Å². The molecular weight excluding hydrogens is 373 g/mol. The summed E-state index contributed by atoms with van der Waals surface area (Å²) in [4.78, 5) is 12.2. The molecule has 1 aliphatic rings. The minimum absolute atomic E-state index is 0.349. The van der Waals surface area contributed by atoms with Crippen LogP contribution >= 0.6 is 0 Å². The van der Waals surface area contributed by atoms with Gasteiger partial charge in [0, 0.05) is 24.4 Å². The zero-order valence-corrected chi connectivity index (χ0v) is 16.0. The standard InChI is InChI=1S/C22H22FN3O3/c1-26-12-11-15(25-26)13-29-16-7-5-14(6-8-16)17-3-2-4-18(21(17)23)19-9-10-20(27)24-22(19)28/h2-8,11-12,19-20,27H,9-10,13H2,1H3,(H,24,28). The van der Waals surface area contributed by atoms with Crippen LogP contribution in [0.15, 0.2) is 54.7 Å². The van der Waals surface area contributed by atoms with Crippen LogP contribution in [0.2, 0.25) is 0 Å². The van der Waals surface area contributed by atoms with Crippen LogP contribution in [-0.2, 0) is 18.4 Å². The van der Waals surface area contributed by atoms with E-state index in [4.69, 9.17) is 4.74 Å². The fourth-order valence-corrected chi connectivity index (χ4v) is 3.56. The summed E-state index contributed by atoms with van der Waals surface area (Å²) >= 11 is 0. The molecule has 2 unspecified atom stereocenters. The molecule has 1 amide bonds. The van der Waals surface area contributed by atoms with Crippen molar-refractivity contribution in [3.63, 3.8) is 0 Å². The largest absolute Gasteiger partial charge is 0.487 e. The molecule has 2 aromatic carbocycles. The van der Waals surface area contributed by atoms with Crippen molar-refractivity contribution >= 4 is 5.91 Å². The zero-order chi connectivity index (χ0) is 20.4. The molecule has 4 rings (SSSR count). The summed E-state index contributed by atoms with van der Waals surface area (Å²) in [5.41, 5.74) is 2.30. The van der Waals surface area contributed by atoms with Gasteiger partial charge in [-0.2, -0.15) is 5.10 Å². The Morgan fingerprint density at radius 1 is 1.21 bits per heavy atom. The van der Waals surface area contributed by atoms with Gasteiger partial charge >= 0.3 is 0 Å². The second-order valence-electron chi connectivity index (χ2n) is 7.16. The third kappa shape index (κ3) is 4.14. The molecule has 2 N–H and O–H groups in total. The maximum atomic E-state index is 15.2. The molecule has 1 saturated heterocycles. The monoisotopic (exact) mass is 395 g/mol. The number of aryl methyl sites for hydroxylation is 1. The number of aliphatic hydroxyl groups excluding tert-OH is 1. The average molecular weight is 395 g/mol. The van der Waals surface area contributed by atoms with Crippen molar-refractivity contribution in [3.8, 4) is 16.9 Å². The molecule has 1 fully saturated rings. The summed E-state index contributed by atoms with van der Waals surface area (Å²) in [5.74, 6) is -0.694. The highest BCUT2D eigenvalue weighted by atomic mass is 19.1. The van der Waals surface area contributed by atoms with E-state index in [0.717, 1.165) is 5.69 Å². The first kappa shape index (κ1) is 19.1. The highest BCUT2D eigenvalue weighted by Crippen LogP contribution is 2.33. The van der Waals surface area contributed by atoms with Gasteiger partial charge in [-0.3, -0.25) is 9.48 Å². The van der Waals surface area contributed by atoms with Gasteiger partial charge in [-0.15, -0.1) is 0 Å². The first-order chi connectivity index (χ1) is 14.0. The van der Waals surface area contributed by atoms with Gasteiger partial charge in [-0.1, -0.05) is 30.3 Å². The Bertz CT molecular complexity index is 1020. The molecule has 3 aromatic rings. The van der Waals surface area contributed by atoms with Crippen LogP contribution in [0.25, 0.3) is 11.1 Å². The predicted molar refractivity (Wildman–Crippen MR) is 106 cm³/mol. The van der Waals surface area contributed by atoms with Gasteiger partial charge in [0.25, 0.3) is 0 Å². The number of benzene rings is 2. The maximum absolute atomic E-state index is 15.2. The Hall–Kier alpha value is -3.19. The lowest BCUT2D eigenvalue weighted by Gasteiger charge is -2.26. The Morgan fingerprint density at radius 2 is 2.00 bits per heavy atom. The van der Waals surface area contributed by atoms with Gasteiger partial charge in [-0.25, -0.2) is 4.39 Å². The van der Waals surface area contributed by atoms with Crippen LogP contribution in [0.5, 0.6) is 5.75 Å². The van der Waals surface area contributed by atoms with Gasteiger partial charge in [-0.05, 0) is 36.6 Å². The SMILES string of the molecule is Cn1ccc(COc2ccc(-c3cccc(C4CCC(O)NC4=O)c3F)cc2)n1. The lowest BCUT2D eigenvalue weighted by molar-refractivity contribution is -0.128. The van der Waals surface area contributed by atoms with E-state index in [0.29, 0.717) is 41.9 Å². The van der Waals surface area contributed by atoms with Gasteiger partial charge in [0.2, 0.25) is 5.91 Å². The highest BCUT2D eigenvalue weighted by molar-refractivity contribution is 5.85. The fourth-order valence-electron chi connectivity index (χ4n) is 3.56. The number of nitrogens with one attached hydrogen (secondary N) is 1. The number of carbonyl (C=O) groups is 1. The molecule has 150 valence electrons. The van der Waals surface area contributed by atoms with Crippen molar-refractivity contribution in [2.75, 3.05) is 0 Å². The van der Waals surface area contributed by atoms with E-state index in [9.17, 15) is 9.90 Å². The van der Waals surface area contributed by atoms with Gasteiger partial charge < -0.3 is 15.2 Å². The summed E-state index contributed by atoms with van der Waals surface area (Å²) in [5, 5.41) is 16.3. The van der Waals surface area contributed by atoms with Crippen molar-refractivity contribution in [1.82, 2.24) is 15.1 Å². The number of carbonyl (C=O) groups excluding carboxylic acids is 1. The van der Waals surface area contributed by atoms with Crippen molar-refractivity contribution in [2.45, 2.75) is 31.6 Å². The first-order valence-corrected chi connectivity index (χ1v) is 9.50. The quantitative estimate of drug-likeness (QED) is 0.696. The van der Waals surface area contributed by atoms with E-state index in [-0.39, 0.29) is 5.91 Å². The first-order valence-electron chi connectivity index (χ1n) is 9.50. The van der Waals surface area contributed by atoms with Crippen LogP contribution in [0.4, 0.5) is 4.39 Å². The van der Waals surface area contributed by atoms with Crippen LogP contribution in [0.3, 0.4) is 0 Å². The van der Waals surface area contributed by atoms with Crippen LogP contribution in [0, 0.1) is 5.82 Å². The molecule has 6 nitrogen and oxygen atoms in total. The third-order valence-corrected chi connectivity index (χ3v) is 5.08.